The number of nitrogen functional groups attached to an aromatic ring is 1. The van der Waals surface area contributed by atoms with Gasteiger partial charge in [-0.15, -0.1) is 0 Å². The van der Waals surface area contributed by atoms with Crippen LogP contribution in [0.2, 0.25) is 0 Å². The zero-order chi connectivity index (χ0) is 47.7. The predicted molar refractivity (Wildman–Crippen MR) is 258 cm³/mol. The highest BCUT2D eigenvalue weighted by atomic mass is 31.2. The molecule has 3 aromatic carbocycles. The van der Waals surface area contributed by atoms with Gasteiger partial charge in [0.1, 0.15) is 18.8 Å². The number of H-pyrrole nitrogens is 1. The quantitative estimate of drug-likeness (QED) is 0.0693. The van der Waals surface area contributed by atoms with Gasteiger partial charge in [0, 0.05) is 71.8 Å². The summed E-state index contributed by atoms with van der Waals surface area (Å²) in [5.74, 6) is -0.0436. The zero-order valence-corrected chi connectivity index (χ0v) is 40.5. The summed E-state index contributed by atoms with van der Waals surface area (Å²) in [6.07, 6.45) is 9.36. The molecule has 1 amide bonds. The molecule has 1 unspecified atom stereocenters. The third-order valence-corrected chi connectivity index (χ3v) is 18.0. The Morgan fingerprint density at radius 3 is 2.30 bits per heavy atom. The number of aryl methyl sites for hydroxylation is 2. The minimum absolute atomic E-state index is 0.0883. The molecular formula is C51H60FN8O6P. The van der Waals surface area contributed by atoms with Crippen molar-refractivity contribution in [2.45, 2.75) is 110 Å². The van der Waals surface area contributed by atoms with Crippen molar-refractivity contribution < 1.29 is 23.0 Å². The van der Waals surface area contributed by atoms with Gasteiger partial charge in [-0.2, -0.15) is 5.10 Å². The predicted octanol–water partition coefficient (Wildman–Crippen LogP) is 8.43. The Morgan fingerprint density at radius 1 is 0.985 bits per heavy atom. The number of nitrogens with two attached hydrogens (primary N) is 1. The summed E-state index contributed by atoms with van der Waals surface area (Å²) >= 11 is 0. The van der Waals surface area contributed by atoms with E-state index >= 15 is 9.18 Å². The van der Waals surface area contributed by atoms with Crippen molar-refractivity contribution >= 4 is 30.1 Å². The molecule has 6 aromatic rings. The highest BCUT2D eigenvalue weighted by Crippen LogP contribution is 2.57. The molecule has 3 N–H and O–H groups in total. The molecule has 5 heterocycles. The molecule has 3 aliphatic rings. The lowest BCUT2D eigenvalue weighted by atomic mass is 9.82. The van der Waals surface area contributed by atoms with E-state index in [1.807, 2.05) is 62.1 Å². The Bertz CT molecular complexity index is 3070. The second kappa shape index (κ2) is 17.2. The number of ether oxygens (including phenoxy) is 1. The van der Waals surface area contributed by atoms with Gasteiger partial charge in [0.2, 0.25) is 5.91 Å². The number of nitrogens with one attached hydrogen (secondary N) is 1. The lowest BCUT2D eigenvalue weighted by molar-refractivity contribution is -0.129. The summed E-state index contributed by atoms with van der Waals surface area (Å²) in [4.78, 5) is 47.1. The standard InChI is InChI=1S/C51H60FN8O6P/c1-9-67(64,10-2)40-14-12-38(13-15-40)58-20-21-59(49(58)63)45-43-33(6)57(19-17-42(43)55-60(45)39-23-30(3)44(52)31(4)24-39)46(61)37(29-51(27-32(51)5)47-54-48(62)66-56-47)26-36-25-34(11-16-41(36)53)35-18-22-65-50(7,8)28-35/h11-16,20-21,23-26,32-33,35H,9-10,17-19,22,27-29,53H2,1-8H3,(H,54,56,62)/b37-26+/t32-,33-,35?,51-/m0/s1. The van der Waals surface area contributed by atoms with E-state index in [2.05, 4.69) is 43.0 Å². The normalized spacial score (nSPS) is 21.7. The van der Waals surface area contributed by atoms with Crippen molar-refractivity contribution in [2.75, 3.05) is 31.2 Å². The number of anilines is 1. The van der Waals surface area contributed by atoms with Gasteiger partial charge >= 0.3 is 11.4 Å². The highest BCUT2D eigenvalue weighted by molar-refractivity contribution is 7.71. The van der Waals surface area contributed by atoms with Crippen LogP contribution in [0.15, 0.2) is 86.7 Å². The Hall–Kier alpha value is -6.05. The number of rotatable bonds is 12. The molecule has 1 aliphatic carbocycles. The molecule has 67 heavy (non-hydrogen) atoms. The first-order valence-electron chi connectivity index (χ1n) is 23.4. The SMILES string of the molecule is CCP(=O)(CC)c1ccc(-n2ccn(-c3c4c(nn3-c3cc(C)c(F)c(C)c3)CCN(C(=O)/C(=C/c3cc(C5CCOC(C)(C)C5)ccc3N)C[C@@]3(c5noc(=O)[nH]5)C[C@@H]3C)[C@H]4C)c2=O)cc1. The number of fused-ring (bicyclic) bond motifs is 1. The van der Waals surface area contributed by atoms with E-state index in [0.29, 0.717) is 95.0 Å². The largest absolute Gasteiger partial charge is 0.438 e. The van der Waals surface area contributed by atoms with Crippen molar-refractivity contribution in [3.05, 3.63) is 139 Å². The monoisotopic (exact) mass is 930 g/mol. The van der Waals surface area contributed by atoms with Crippen LogP contribution in [0.25, 0.3) is 23.3 Å². The summed E-state index contributed by atoms with van der Waals surface area (Å²) in [6.45, 7) is 16.4. The van der Waals surface area contributed by atoms with Gasteiger partial charge in [-0.05, 0) is 149 Å². The van der Waals surface area contributed by atoms with E-state index in [4.69, 9.17) is 20.1 Å². The minimum Gasteiger partial charge on any atom is -0.398 e. The van der Waals surface area contributed by atoms with Crippen molar-refractivity contribution in [1.29, 1.82) is 0 Å². The van der Waals surface area contributed by atoms with Crippen LogP contribution in [0.5, 0.6) is 0 Å². The molecule has 4 atom stereocenters. The van der Waals surface area contributed by atoms with E-state index in [9.17, 15) is 14.2 Å². The maximum absolute atomic E-state index is 15.5. The fourth-order valence-electron chi connectivity index (χ4n) is 10.6. The van der Waals surface area contributed by atoms with Crippen LogP contribution in [-0.2, 0) is 25.9 Å². The van der Waals surface area contributed by atoms with Gasteiger partial charge in [0.15, 0.2) is 5.82 Å². The number of nitrogens with zero attached hydrogens (tertiary/aromatic N) is 6. The number of halogens is 1. The van der Waals surface area contributed by atoms with Gasteiger partial charge in [-0.1, -0.05) is 32.0 Å². The van der Waals surface area contributed by atoms with Crippen LogP contribution in [0.4, 0.5) is 10.1 Å². The molecule has 0 radical (unpaired) electrons. The van der Waals surface area contributed by atoms with Crippen LogP contribution < -0.4 is 22.5 Å². The fourth-order valence-corrected chi connectivity index (χ4v) is 12.4. The number of hydrogen-bond donors (Lipinski definition) is 2. The fraction of sp³-hybridized carbons (Fsp3) is 0.431. The number of benzene rings is 3. The van der Waals surface area contributed by atoms with E-state index in [-0.39, 0.29) is 41.3 Å². The van der Waals surface area contributed by atoms with Crippen molar-refractivity contribution in [2.24, 2.45) is 5.92 Å². The van der Waals surface area contributed by atoms with E-state index in [1.165, 1.54) is 9.13 Å². The van der Waals surface area contributed by atoms with Gasteiger partial charge in [-0.3, -0.25) is 23.4 Å². The number of carbonyl (C=O) groups is 1. The Kier molecular flexibility index (Phi) is 11.9. The molecule has 2 aliphatic heterocycles. The van der Waals surface area contributed by atoms with Gasteiger partial charge in [0.25, 0.3) is 0 Å². The first-order chi connectivity index (χ1) is 31.9. The number of aromatic amines is 1. The lowest BCUT2D eigenvalue weighted by Crippen LogP contribution is -2.40. The molecule has 14 nitrogen and oxygen atoms in total. The Morgan fingerprint density at radius 2 is 1.67 bits per heavy atom. The molecule has 352 valence electrons. The van der Waals surface area contributed by atoms with Crippen LogP contribution in [0, 0.1) is 25.6 Å². The summed E-state index contributed by atoms with van der Waals surface area (Å²) in [5, 5.41) is 10.00. The lowest BCUT2D eigenvalue weighted by Gasteiger charge is -2.36. The third-order valence-electron chi connectivity index (χ3n) is 14.8. The van der Waals surface area contributed by atoms with Crippen LogP contribution in [0.3, 0.4) is 0 Å². The number of imidazole rings is 1. The summed E-state index contributed by atoms with van der Waals surface area (Å²) < 4.78 is 44.5. The molecule has 9 rings (SSSR count). The van der Waals surface area contributed by atoms with E-state index < -0.39 is 24.4 Å². The van der Waals surface area contributed by atoms with Crippen molar-refractivity contribution in [3.63, 3.8) is 0 Å². The zero-order valence-electron chi connectivity index (χ0n) is 39.6. The topological polar surface area (TPSA) is 176 Å². The van der Waals surface area contributed by atoms with Gasteiger partial charge in [-0.25, -0.2) is 18.7 Å². The second-order valence-electron chi connectivity index (χ2n) is 19.5. The average Bonchev–Trinajstić information content (AvgIpc) is 3.64. The third kappa shape index (κ3) is 8.28. The molecule has 0 bridgehead atoms. The molecule has 0 spiro atoms. The molecular weight excluding hydrogens is 871 g/mol. The Balaban J connectivity index is 1.15. The maximum atomic E-state index is 15.5. The molecule has 3 aromatic heterocycles. The van der Waals surface area contributed by atoms with E-state index in [1.54, 1.807) is 43.1 Å². The molecule has 1 saturated heterocycles. The number of aromatic nitrogens is 6. The molecule has 16 heteroatoms. The maximum Gasteiger partial charge on any atom is 0.438 e. The second-order valence-corrected chi connectivity index (χ2v) is 23.1. The highest BCUT2D eigenvalue weighted by Gasteiger charge is 2.56. The average molecular weight is 931 g/mol. The van der Waals surface area contributed by atoms with Crippen LogP contribution in [-0.4, -0.2) is 70.9 Å². The van der Waals surface area contributed by atoms with Gasteiger partial charge in [0.05, 0.1) is 28.7 Å². The first kappa shape index (κ1) is 46.1. The number of amides is 1. The number of hydrogen-bond acceptors (Lipinski definition) is 9. The summed E-state index contributed by atoms with van der Waals surface area (Å²) in [6, 6.07) is 16.2. The van der Waals surface area contributed by atoms with Crippen LogP contribution >= 0.6 is 7.14 Å². The van der Waals surface area contributed by atoms with Crippen molar-refractivity contribution in [1.82, 2.24) is 34.0 Å². The van der Waals surface area contributed by atoms with Crippen molar-refractivity contribution in [3.8, 4) is 17.2 Å². The number of carbonyl (C=O) groups excluding carboxylic acids is 1. The Labute approximate surface area is 389 Å². The summed E-state index contributed by atoms with van der Waals surface area (Å²) in [7, 11) is -2.55. The minimum atomic E-state index is -2.55. The molecule has 2 fully saturated rings. The smallest absolute Gasteiger partial charge is 0.398 e. The van der Waals surface area contributed by atoms with Gasteiger partial charge < -0.3 is 19.9 Å². The van der Waals surface area contributed by atoms with Crippen LogP contribution in [0.1, 0.15) is 119 Å². The molecule has 1 saturated carbocycles. The van der Waals surface area contributed by atoms with E-state index in [0.717, 1.165) is 29.3 Å². The summed E-state index contributed by atoms with van der Waals surface area (Å²) in [5.41, 5.74) is 11.7. The first-order valence-corrected chi connectivity index (χ1v) is 25.4.